The van der Waals surface area contributed by atoms with Gasteiger partial charge in [0.1, 0.15) is 22.6 Å². The van der Waals surface area contributed by atoms with E-state index in [0.29, 0.717) is 48.1 Å². The highest BCUT2D eigenvalue weighted by atomic mass is 16.5. The molecule has 2 aliphatic rings. The first-order valence-corrected chi connectivity index (χ1v) is 12.0. The number of ether oxygens (including phenoxy) is 1. The number of nitrogen functional groups attached to an aromatic ring is 1. The van der Waals surface area contributed by atoms with Crippen LogP contribution in [0.1, 0.15) is 57.3 Å². The van der Waals surface area contributed by atoms with Gasteiger partial charge >= 0.3 is 0 Å². The molecule has 4 aromatic rings. The van der Waals surface area contributed by atoms with Crippen LogP contribution in [0.15, 0.2) is 24.4 Å². The molecule has 9 nitrogen and oxygen atoms in total. The second-order valence-corrected chi connectivity index (χ2v) is 9.57. The molecule has 0 unspecified atom stereocenters. The number of hydrogen-bond acceptors (Lipinski definition) is 6. The Morgan fingerprint density at radius 2 is 1.91 bits per heavy atom. The summed E-state index contributed by atoms with van der Waals surface area (Å²) in [6.45, 7) is 7.71. The zero-order valence-corrected chi connectivity index (χ0v) is 20.5. The van der Waals surface area contributed by atoms with Crippen molar-refractivity contribution in [2.75, 3.05) is 19.4 Å². The van der Waals surface area contributed by atoms with Crippen LogP contribution < -0.4 is 10.5 Å². The summed E-state index contributed by atoms with van der Waals surface area (Å²) in [6, 6.07) is 5.89. The third-order valence-electron chi connectivity index (χ3n) is 7.26. The second kappa shape index (κ2) is 7.83. The number of carbonyl (C=O) groups is 1. The molecule has 4 heterocycles. The summed E-state index contributed by atoms with van der Waals surface area (Å²) in [6.07, 6.45) is 3.98. The van der Waals surface area contributed by atoms with Gasteiger partial charge in [0.2, 0.25) is 0 Å². The Labute approximate surface area is 203 Å². The Bertz CT molecular complexity index is 1500. The van der Waals surface area contributed by atoms with Crippen LogP contribution in [0.2, 0.25) is 0 Å². The van der Waals surface area contributed by atoms with E-state index in [-0.39, 0.29) is 5.91 Å². The molecule has 0 spiro atoms. The van der Waals surface area contributed by atoms with E-state index in [9.17, 15) is 4.79 Å². The topological polar surface area (TPSA) is 104 Å². The van der Waals surface area contributed by atoms with Crippen molar-refractivity contribution in [1.82, 2.24) is 29.2 Å². The Hall–Kier alpha value is -3.88. The number of carbonyl (C=O) groups excluding carboxylic acids is 1. The standard InChI is InChI=1S/C26H29N7O2/c1-14-5-8-19(35-4)15(2)23(14)33-24(27)20(22-25(33)29-16(3)21(30-22)17-6-7-17)26(34)31-11-12-32-18(13-31)9-10-28-32/h5,8-10,17H,6-7,11-13,27H2,1-4H3. The molecule has 0 atom stereocenters. The average Bonchev–Trinajstić information content (AvgIpc) is 3.51. The molecule has 1 aliphatic carbocycles. The molecule has 2 N–H and O–H groups in total. The van der Waals surface area contributed by atoms with Crippen molar-refractivity contribution < 1.29 is 9.53 Å². The first kappa shape index (κ1) is 21.6. The predicted molar refractivity (Wildman–Crippen MR) is 133 cm³/mol. The van der Waals surface area contributed by atoms with E-state index in [4.69, 9.17) is 20.4 Å². The molecular formula is C26H29N7O2. The summed E-state index contributed by atoms with van der Waals surface area (Å²) in [7, 11) is 1.65. The van der Waals surface area contributed by atoms with E-state index in [2.05, 4.69) is 5.10 Å². The zero-order chi connectivity index (χ0) is 24.4. The van der Waals surface area contributed by atoms with Crippen LogP contribution in [0.3, 0.4) is 0 Å². The molecule has 0 saturated heterocycles. The van der Waals surface area contributed by atoms with E-state index in [1.54, 1.807) is 13.3 Å². The molecule has 0 radical (unpaired) electrons. The molecule has 180 valence electrons. The number of hydrogen-bond donors (Lipinski definition) is 1. The predicted octanol–water partition coefficient (Wildman–Crippen LogP) is 3.67. The van der Waals surface area contributed by atoms with E-state index in [0.717, 1.165) is 52.5 Å². The quantitative estimate of drug-likeness (QED) is 0.487. The number of fused-ring (bicyclic) bond motifs is 2. The summed E-state index contributed by atoms with van der Waals surface area (Å²) >= 11 is 0. The lowest BCUT2D eigenvalue weighted by Crippen LogP contribution is -2.38. The van der Waals surface area contributed by atoms with Gasteiger partial charge < -0.3 is 15.4 Å². The van der Waals surface area contributed by atoms with Crippen LogP contribution >= 0.6 is 0 Å². The Balaban J connectivity index is 1.59. The summed E-state index contributed by atoms with van der Waals surface area (Å²) in [5, 5.41) is 4.33. The van der Waals surface area contributed by atoms with Crippen molar-refractivity contribution in [1.29, 1.82) is 0 Å². The molecule has 1 saturated carbocycles. The lowest BCUT2D eigenvalue weighted by molar-refractivity contribution is 0.0709. The van der Waals surface area contributed by atoms with Gasteiger partial charge in [-0.15, -0.1) is 0 Å². The van der Waals surface area contributed by atoms with Crippen molar-refractivity contribution in [2.24, 2.45) is 0 Å². The molecule has 35 heavy (non-hydrogen) atoms. The minimum Gasteiger partial charge on any atom is -0.496 e. The van der Waals surface area contributed by atoms with Gasteiger partial charge in [-0.05, 0) is 51.3 Å². The summed E-state index contributed by atoms with van der Waals surface area (Å²) in [5.41, 5.74) is 14.1. The minimum absolute atomic E-state index is 0.128. The molecule has 1 aromatic carbocycles. The highest BCUT2D eigenvalue weighted by Crippen LogP contribution is 2.42. The number of benzene rings is 1. The maximum absolute atomic E-state index is 14.0. The molecular weight excluding hydrogens is 442 g/mol. The number of methoxy groups -OCH3 is 1. The number of rotatable bonds is 4. The minimum atomic E-state index is -0.128. The highest BCUT2D eigenvalue weighted by molar-refractivity contribution is 6.10. The Kier molecular flexibility index (Phi) is 4.84. The monoisotopic (exact) mass is 471 g/mol. The van der Waals surface area contributed by atoms with Crippen molar-refractivity contribution in [3.8, 4) is 11.4 Å². The van der Waals surface area contributed by atoms with E-state index >= 15 is 0 Å². The molecule has 3 aromatic heterocycles. The van der Waals surface area contributed by atoms with Crippen LogP contribution in [0.4, 0.5) is 5.82 Å². The van der Waals surface area contributed by atoms with Gasteiger partial charge in [0.25, 0.3) is 5.91 Å². The Morgan fingerprint density at radius 3 is 2.66 bits per heavy atom. The van der Waals surface area contributed by atoms with Crippen LogP contribution in [-0.2, 0) is 13.1 Å². The van der Waals surface area contributed by atoms with Crippen LogP contribution in [0, 0.1) is 20.8 Å². The summed E-state index contributed by atoms with van der Waals surface area (Å²) in [5.74, 6) is 1.39. The molecule has 9 heteroatoms. The smallest absolute Gasteiger partial charge is 0.260 e. The van der Waals surface area contributed by atoms with Crippen molar-refractivity contribution in [3.05, 3.63) is 58.2 Å². The van der Waals surface area contributed by atoms with E-state index in [1.165, 1.54) is 0 Å². The first-order chi connectivity index (χ1) is 16.9. The van der Waals surface area contributed by atoms with Crippen molar-refractivity contribution >= 4 is 22.9 Å². The summed E-state index contributed by atoms with van der Waals surface area (Å²) < 4.78 is 9.43. The third-order valence-corrected chi connectivity index (χ3v) is 7.26. The van der Waals surface area contributed by atoms with E-state index in [1.807, 2.05) is 53.1 Å². The number of aromatic nitrogens is 5. The Morgan fingerprint density at radius 1 is 1.11 bits per heavy atom. The second-order valence-electron chi connectivity index (χ2n) is 9.57. The fraction of sp³-hybridized carbons (Fsp3) is 0.385. The fourth-order valence-electron chi connectivity index (χ4n) is 5.27. The van der Waals surface area contributed by atoms with Gasteiger partial charge in [-0.25, -0.2) is 9.97 Å². The maximum Gasteiger partial charge on any atom is 0.260 e. The molecule has 0 bridgehead atoms. The first-order valence-electron chi connectivity index (χ1n) is 12.0. The van der Waals surface area contributed by atoms with Gasteiger partial charge in [-0.3, -0.25) is 14.0 Å². The van der Waals surface area contributed by atoms with E-state index < -0.39 is 0 Å². The van der Waals surface area contributed by atoms with Crippen LogP contribution in [-0.4, -0.2) is 48.8 Å². The number of nitrogens with two attached hydrogens (primary N) is 1. The maximum atomic E-state index is 14.0. The summed E-state index contributed by atoms with van der Waals surface area (Å²) in [4.78, 5) is 25.8. The SMILES string of the molecule is COc1ccc(C)c(-n2c(N)c(C(=O)N3CCn4nccc4C3)c3nc(C4CC4)c(C)nc32)c1C. The number of anilines is 1. The molecule has 1 fully saturated rings. The number of nitrogens with zero attached hydrogens (tertiary/aromatic N) is 6. The molecule has 1 amide bonds. The molecule has 1 aliphatic heterocycles. The van der Waals surface area contributed by atoms with Crippen LogP contribution in [0.25, 0.3) is 16.9 Å². The lowest BCUT2D eigenvalue weighted by atomic mass is 10.1. The lowest BCUT2D eigenvalue weighted by Gasteiger charge is -2.27. The van der Waals surface area contributed by atoms with Gasteiger partial charge in [0.05, 0.1) is 43.0 Å². The third kappa shape index (κ3) is 3.29. The normalized spacial score (nSPS) is 15.5. The number of amides is 1. The van der Waals surface area contributed by atoms with Crippen molar-refractivity contribution in [3.63, 3.8) is 0 Å². The zero-order valence-electron chi connectivity index (χ0n) is 20.5. The molecule has 6 rings (SSSR count). The highest BCUT2D eigenvalue weighted by Gasteiger charge is 2.34. The van der Waals surface area contributed by atoms with Gasteiger partial charge in [-0.2, -0.15) is 5.10 Å². The fourth-order valence-corrected chi connectivity index (χ4v) is 5.27. The number of aryl methyl sites for hydroxylation is 2. The van der Waals surface area contributed by atoms with Crippen LogP contribution in [0.5, 0.6) is 5.75 Å². The van der Waals surface area contributed by atoms with Gasteiger partial charge in [0, 0.05) is 24.2 Å². The van der Waals surface area contributed by atoms with Crippen molar-refractivity contribution in [2.45, 2.75) is 52.6 Å². The van der Waals surface area contributed by atoms with Gasteiger partial charge in [0.15, 0.2) is 5.65 Å². The van der Waals surface area contributed by atoms with Gasteiger partial charge in [-0.1, -0.05) is 6.07 Å². The average molecular weight is 472 g/mol. The largest absolute Gasteiger partial charge is 0.496 e.